The van der Waals surface area contributed by atoms with E-state index in [-0.39, 0.29) is 17.2 Å². The minimum absolute atomic E-state index is 0.0489. The smallest absolute Gasteiger partial charge is 0.265 e. The van der Waals surface area contributed by atoms with Gasteiger partial charge < -0.3 is 10.6 Å². The molecule has 1 aromatic rings. The highest BCUT2D eigenvalue weighted by Crippen LogP contribution is 2.40. The van der Waals surface area contributed by atoms with E-state index >= 15 is 0 Å². The quantitative estimate of drug-likeness (QED) is 0.274. The zero-order valence-electron chi connectivity index (χ0n) is 15.1. The fourth-order valence-electron chi connectivity index (χ4n) is 4.17. The van der Waals surface area contributed by atoms with Gasteiger partial charge in [0.15, 0.2) is 5.11 Å². The van der Waals surface area contributed by atoms with Gasteiger partial charge in [0.1, 0.15) is 5.57 Å². The number of hydrogen-bond donors (Lipinski definition) is 2. The first-order valence-corrected chi connectivity index (χ1v) is 9.61. The summed E-state index contributed by atoms with van der Waals surface area (Å²) in [5.74, 6) is -0.909. The first-order chi connectivity index (χ1) is 13.0. The predicted molar refractivity (Wildman–Crippen MR) is 110 cm³/mol. The van der Waals surface area contributed by atoms with E-state index in [1.54, 1.807) is 12.2 Å². The Bertz CT molecular complexity index is 904. The Hall–Kier alpha value is -2.67. The van der Waals surface area contributed by atoms with Gasteiger partial charge in [0.25, 0.3) is 11.8 Å². The molecule has 0 bridgehead atoms. The molecule has 0 aliphatic carbocycles. The van der Waals surface area contributed by atoms with E-state index in [4.69, 9.17) is 18.0 Å². The van der Waals surface area contributed by atoms with Gasteiger partial charge in [0.05, 0.1) is 0 Å². The van der Waals surface area contributed by atoms with Crippen molar-refractivity contribution in [1.29, 1.82) is 0 Å². The lowest BCUT2D eigenvalue weighted by Crippen LogP contribution is -2.53. The Labute approximate surface area is 163 Å². The fourth-order valence-corrected chi connectivity index (χ4v) is 4.42. The van der Waals surface area contributed by atoms with Gasteiger partial charge in [-0.15, -0.1) is 6.58 Å². The van der Waals surface area contributed by atoms with Crippen LogP contribution in [0.15, 0.2) is 24.3 Å². The number of aryl methyl sites for hydroxylation is 1. The second-order valence-corrected chi connectivity index (χ2v) is 7.47. The van der Waals surface area contributed by atoms with Crippen LogP contribution in [-0.4, -0.2) is 41.5 Å². The average molecular weight is 382 g/mol. The highest BCUT2D eigenvalue weighted by Gasteiger charge is 2.33. The van der Waals surface area contributed by atoms with Crippen LogP contribution in [0.25, 0.3) is 6.08 Å². The van der Waals surface area contributed by atoms with E-state index in [2.05, 4.69) is 16.8 Å². The van der Waals surface area contributed by atoms with Crippen LogP contribution >= 0.6 is 12.2 Å². The molecule has 0 atom stereocenters. The largest absolute Gasteiger partial charge is 0.398 e. The van der Waals surface area contributed by atoms with Gasteiger partial charge in [-0.3, -0.25) is 19.8 Å². The van der Waals surface area contributed by atoms with E-state index in [1.807, 2.05) is 6.07 Å². The van der Waals surface area contributed by atoms with Gasteiger partial charge >= 0.3 is 0 Å². The van der Waals surface area contributed by atoms with Gasteiger partial charge in [-0.1, -0.05) is 6.08 Å². The third-order valence-electron chi connectivity index (χ3n) is 5.40. The summed E-state index contributed by atoms with van der Waals surface area (Å²) in [6.45, 7) is 6.01. The van der Waals surface area contributed by atoms with Crippen molar-refractivity contribution in [1.82, 2.24) is 10.2 Å². The summed E-state index contributed by atoms with van der Waals surface area (Å²) in [5.41, 5.74) is 11.6. The second kappa shape index (κ2) is 6.81. The van der Waals surface area contributed by atoms with E-state index < -0.39 is 11.8 Å². The first-order valence-electron chi connectivity index (χ1n) is 9.20. The van der Waals surface area contributed by atoms with Gasteiger partial charge in [0.2, 0.25) is 0 Å². The average Bonchev–Trinajstić information content (AvgIpc) is 2.66. The molecule has 1 aromatic carbocycles. The minimum atomic E-state index is -0.488. The van der Waals surface area contributed by atoms with Gasteiger partial charge in [-0.05, 0) is 66.7 Å². The van der Waals surface area contributed by atoms with Gasteiger partial charge in [0, 0.05) is 31.0 Å². The van der Waals surface area contributed by atoms with Crippen molar-refractivity contribution in [2.24, 2.45) is 0 Å². The second-order valence-electron chi connectivity index (χ2n) is 7.08. The fraction of sp³-hybridized carbons (Fsp3) is 0.350. The van der Waals surface area contributed by atoms with Crippen LogP contribution in [0.5, 0.6) is 0 Å². The number of rotatable bonds is 3. The minimum Gasteiger partial charge on any atom is -0.398 e. The van der Waals surface area contributed by atoms with Crippen molar-refractivity contribution < 1.29 is 9.59 Å². The molecule has 3 aliphatic rings. The molecule has 0 aromatic heterocycles. The molecule has 27 heavy (non-hydrogen) atoms. The summed E-state index contributed by atoms with van der Waals surface area (Å²) in [6.07, 6.45) is 7.27. The van der Waals surface area contributed by atoms with Crippen molar-refractivity contribution in [3.63, 3.8) is 0 Å². The first kappa shape index (κ1) is 17.7. The molecule has 3 aliphatic heterocycles. The van der Waals surface area contributed by atoms with Crippen molar-refractivity contribution in [3.05, 3.63) is 41.0 Å². The van der Waals surface area contributed by atoms with Crippen LogP contribution in [0.2, 0.25) is 0 Å². The number of amides is 2. The zero-order chi connectivity index (χ0) is 19.1. The SMILES string of the molecule is C=CCN1C(=O)C(=Cc2cc3c4c(c2N)CCCN4CCC3)C(=O)NC1=S. The molecule has 3 heterocycles. The van der Waals surface area contributed by atoms with Crippen LogP contribution < -0.4 is 16.0 Å². The summed E-state index contributed by atoms with van der Waals surface area (Å²) in [6, 6.07) is 2.03. The highest BCUT2D eigenvalue weighted by atomic mass is 32.1. The number of thiocarbonyl (C=S) groups is 1. The summed E-state index contributed by atoms with van der Waals surface area (Å²) in [7, 11) is 0. The number of nitrogens with zero attached hydrogens (tertiary/aromatic N) is 2. The zero-order valence-corrected chi connectivity index (χ0v) is 15.9. The molecule has 140 valence electrons. The van der Waals surface area contributed by atoms with Gasteiger partial charge in [-0.2, -0.15) is 0 Å². The maximum Gasteiger partial charge on any atom is 0.265 e. The van der Waals surface area contributed by atoms with Crippen LogP contribution in [-0.2, 0) is 22.4 Å². The lowest BCUT2D eigenvalue weighted by Gasteiger charge is -2.38. The van der Waals surface area contributed by atoms with Crippen LogP contribution in [0.1, 0.15) is 29.5 Å². The molecule has 2 amide bonds. The number of nitrogens with two attached hydrogens (primary N) is 1. The molecule has 0 saturated carbocycles. The number of carbonyl (C=O) groups is 2. The van der Waals surface area contributed by atoms with E-state index in [0.717, 1.165) is 49.9 Å². The molecule has 1 saturated heterocycles. The predicted octanol–water partition coefficient (Wildman–Crippen LogP) is 1.78. The Morgan fingerprint density at radius 3 is 2.74 bits per heavy atom. The number of carbonyl (C=O) groups excluding carboxylic acids is 2. The molecule has 0 spiro atoms. The molecule has 3 N–H and O–H groups in total. The lowest BCUT2D eigenvalue weighted by molar-refractivity contribution is -0.128. The third kappa shape index (κ3) is 2.92. The summed E-state index contributed by atoms with van der Waals surface area (Å²) in [5, 5.41) is 2.68. The number of nitrogen functional groups attached to an aromatic ring is 1. The van der Waals surface area contributed by atoms with Crippen LogP contribution in [0.4, 0.5) is 11.4 Å². The molecule has 0 unspecified atom stereocenters. The maximum atomic E-state index is 12.8. The Balaban J connectivity index is 1.80. The molecule has 1 fully saturated rings. The molecule has 6 nitrogen and oxygen atoms in total. The maximum absolute atomic E-state index is 12.8. The van der Waals surface area contributed by atoms with Gasteiger partial charge in [-0.25, -0.2) is 0 Å². The monoisotopic (exact) mass is 382 g/mol. The summed E-state index contributed by atoms with van der Waals surface area (Å²) in [4.78, 5) is 28.9. The highest BCUT2D eigenvalue weighted by molar-refractivity contribution is 7.80. The number of nitrogens with one attached hydrogen (secondary N) is 1. The van der Waals surface area contributed by atoms with E-state index in [9.17, 15) is 9.59 Å². The van der Waals surface area contributed by atoms with Crippen molar-refractivity contribution in [3.8, 4) is 0 Å². The number of benzene rings is 1. The summed E-state index contributed by atoms with van der Waals surface area (Å²) >= 11 is 5.10. The Morgan fingerprint density at radius 2 is 2.00 bits per heavy atom. The van der Waals surface area contributed by atoms with Crippen LogP contribution in [0, 0.1) is 0 Å². The third-order valence-corrected chi connectivity index (χ3v) is 5.72. The van der Waals surface area contributed by atoms with Crippen LogP contribution in [0.3, 0.4) is 0 Å². The number of anilines is 2. The number of hydrogen-bond acceptors (Lipinski definition) is 5. The normalized spacial score (nSPS) is 20.6. The van der Waals surface area contributed by atoms with E-state index in [1.165, 1.54) is 16.2 Å². The molecule has 7 heteroatoms. The summed E-state index contributed by atoms with van der Waals surface area (Å²) < 4.78 is 0. The molecular weight excluding hydrogens is 360 g/mol. The van der Waals surface area contributed by atoms with E-state index in [0.29, 0.717) is 5.69 Å². The standard InChI is InChI=1S/C20H22N4O2S/c1-2-7-24-19(26)15(18(25)22-20(24)27)11-13-10-12-5-3-8-23-9-4-6-14(16(13)21)17(12)23/h2,10-11H,1,3-9,21H2,(H,22,25,27). The molecule has 0 radical (unpaired) electrons. The lowest BCUT2D eigenvalue weighted by atomic mass is 9.88. The van der Waals surface area contributed by atoms with Crippen molar-refractivity contribution in [2.45, 2.75) is 25.7 Å². The Morgan fingerprint density at radius 1 is 1.26 bits per heavy atom. The van der Waals surface area contributed by atoms with Crippen molar-refractivity contribution >= 4 is 46.6 Å². The van der Waals surface area contributed by atoms with Crippen molar-refractivity contribution in [2.75, 3.05) is 30.3 Å². The Kier molecular flexibility index (Phi) is 4.47. The molecular formula is C20H22N4O2S. The molecule has 4 rings (SSSR count). The topological polar surface area (TPSA) is 78.7 Å².